The lowest BCUT2D eigenvalue weighted by Gasteiger charge is -2.39. The zero-order valence-electron chi connectivity index (χ0n) is 35.1. The third kappa shape index (κ3) is 10.7. The summed E-state index contributed by atoms with van der Waals surface area (Å²) in [4.78, 5) is 31.1. The van der Waals surface area contributed by atoms with Crippen LogP contribution in [0.4, 0.5) is 5.82 Å². The van der Waals surface area contributed by atoms with Crippen LogP contribution in [-0.2, 0) is 24.1 Å². The van der Waals surface area contributed by atoms with E-state index in [-0.39, 0.29) is 44.0 Å². The van der Waals surface area contributed by atoms with E-state index in [1.165, 1.54) is 4.57 Å². The van der Waals surface area contributed by atoms with Crippen LogP contribution in [0, 0.1) is 11.3 Å². The number of halogens is 1. The maximum atomic E-state index is 13.8. The maximum Gasteiger partial charge on any atom is 0.351 e. The highest BCUT2D eigenvalue weighted by molar-refractivity contribution is 9.10. The average molecular weight is 913 g/mol. The lowest BCUT2D eigenvalue weighted by atomic mass is 9.80. The number of carbonyl (C=O) groups is 1. The van der Waals surface area contributed by atoms with Gasteiger partial charge in [-0.25, -0.2) is 9.46 Å². The van der Waals surface area contributed by atoms with Crippen LogP contribution in [0.25, 0.3) is 0 Å². The van der Waals surface area contributed by atoms with Gasteiger partial charge in [0.2, 0.25) is 0 Å². The van der Waals surface area contributed by atoms with Gasteiger partial charge < -0.3 is 33.3 Å². The predicted molar refractivity (Wildman–Crippen MR) is 237 cm³/mol. The monoisotopic (exact) mass is 911 g/mol. The Hall–Kier alpha value is -4.97. The molecular formula is C46H51BrN5O8P. The molecule has 1 saturated heterocycles. The lowest BCUT2D eigenvalue weighted by molar-refractivity contribution is -0.0925. The first-order valence-corrected chi connectivity index (χ1v) is 22.0. The molecule has 0 bridgehead atoms. The van der Waals surface area contributed by atoms with Crippen molar-refractivity contribution in [3.8, 4) is 17.6 Å². The molecule has 0 aliphatic carbocycles. The number of carbonyl (C=O) groups excluding carboxylic acids is 1. The minimum atomic E-state index is -1.71. The fraction of sp³-hybridized carbons (Fsp3) is 0.348. The van der Waals surface area contributed by atoms with E-state index in [9.17, 15) is 14.9 Å². The summed E-state index contributed by atoms with van der Waals surface area (Å²) < 4.78 is 42.4. The molecule has 1 aliphatic rings. The average Bonchev–Trinajstić information content (AvgIpc) is 3.67. The molecule has 13 nitrogen and oxygen atoms in total. The zero-order chi connectivity index (χ0) is 43.5. The highest BCUT2D eigenvalue weighted by atomic mass is 79.9. The number of aromatic nitrogens is 2. The number of nitrogens with one attached hydrogen (secondary N) is 1. The highest BCUT2D eigenvalue weighted by Gasteiger charge is 2.45. The maximum absolute atomic E-state index is 13.8. The van der Waals surface area contributed by atoms with E-state index in [2.05, 4.69) is 64.7 Å². The summed E-state index contributed by atoms with van der Waals surface area (Å²) in [7, 11) is 1.54. The third-order valence-corrected chi connectivity index (χ3v) is 12.9. The topological polar surface area (TPSA) is 146 Å². The Labute approximate surface area is 366 Å². The predicted octanol–water partition coefficient (Wildman–Crippen LogP) is 9.23. The minimum absolute atomic E-state index is 0.00735. The number of amides is 1. The van der Waals surface area contributed by atoms with Gasteiger partial charge in [-0.3, -0.25) is 9.36 Å². The molecule has 2 heterocycles. The standard InChI is InChI=1S/C46H51BrN5O8P/c1-31(2)52(32(3)4)61(58-27-13-26-48)60-40-28-42(51-29-39(47)43(50-45(51)54)49-44(53)33-14-9-7-10-15-33)59-41(40)30-57-46(34-16-11-8-12-17-34,35-18-22-37(55-5)23-19-35)36-20-24-38(56-6)25-21-36/h7-12,14-25,29,31-32,40-42H,13,27-28,30H2,1-6H3,(H,49,50,53,54)/t40-,41+,42+,61?/m1/s1. The number of hydrogen-bond donors (Lipinski definition) is 1. The van der Waals surface area contributed by atoms with Crippen molar-refractivity contribution in [2.24, 2.45) is 0 Å². The summed E-state index contributed by atoms with van der Waals surface area (Å²) >= 11 is 3.52. The van der Waals surface area contributed by atoms with Crippen LogP contribution in [0.2, 0.25) is 0 Å². The highest BCUT2D eigenvalue weighted by Crippen LogP contribution is 2.51. The molecule has 0 saturated carbocycles. The summed E-state index contributed by atoms with van der Waals surface area (Å²) in [5.74, 6) is 1.05. The van der Waals surface area contributed by atoms with Crippen molar-refractivity contribution in [3.05, 3.63) is 153 Å². The van der Waals surface area contributed by atoms with Gasteiger partial charge in [-0.2, -0.15) is 10.2 Å². The van der Waals surface area contributed by atoms with E-state index < -0.39 is 44.2 Å². The third-order valence-electron chi connectivity index (χ3n) is 10.2. The van der Waals surface area contributed by atoms with Gasteiger partial charge in [-0.1, -0.05) is 72.8 Å². The van der Waals surface area contributed by atoms with Crippen LogP contribution in [-0.4, -0.2) is 71.9 Å². The van der Waals surface area contributed by atoms with E-state index in [1.807, 2.05) is 84.9 Å². The Morgan fingerprint density at radius 1 is 0.918 bits per heavy atom. The second-order valence-electron chi connectivity index (χ2n) is 14.8. The van der Waals surface area contributed by atoms with Gasteiger partial charge in [-0.15, -0.1) is 0 Å². The van der Waals surface area contributed by atoms with Gasteiger partial charge in [0.15, 0.2) is 5.82 Å². The van der Waals surface area contributed by atoms with Crippen LogP contribution in [0.15, 0.2) is 125 Å². The first-order valence-electron chi connectivity index (χ1n) is 20.0. The fourth-order valence-corrected chi connectivity index (χ4v) is 9.50. The largest absolute Gasteiger partial charge is 0.497 e. The van der Waals surface area contributed by atoms with Gasteiger partial charge >= 0.3 is 5.69 Å². The van der Waals surface area contributed by atoms with Gasteiger partial charge in [0, 0.05) is 30.3 Å². The molecule has 1 amide bonds. The number of ether oxygens (including phenoxy) is 4. The van der Waals surface area contributed by atoms with Crippen molar-refractivity contribution < 1.29 is 32.8 Å². The lowest BCUT2D eigenvalue weighted by Crippen LogP contribution is -2.39. The van der Waals surface area contributed by atoms with Gasteiger partial charge in [0.05, 0.1) is 50.5 Å². The molecule has 4 aromatic carbocycles. The molecule has 320 valence electrons. The van der Waals surface area contributed by atoms with E-state index >= 15 is 0 Å². The summed E-state index contributed by atoms with van der Waals surface area (Å²) in [6.07, 6.45) is -0.255. The molecule has 0 radical (unpaired) electrons. The number of rotatable bonds is 19. The Kier molecular flexibility index (Phi) is 15.8. The van der Waals surface area contributed by atoms with Crippen molar-refractivity contribution in [3.63, 3.8) is 0 Å². The summed E-state index contributed by atoms with van der Waals surface area (Å²) in [5.41, 5.74) is 1.16. The molecule has 61 heavy (non-hydrogen) atoms. The van der Waals surface area contributed by atoms with Gasteiger partial charge in [0.1, 0.15) is 29.4 Å². The fourth-order valence-electron chi connectivity index (χ4n) is 7.33. The molecule has 1 aliphatic heterocycles. The summed E-state index contributed by atoms with van der Waals surface area (Å²) in [5, 5.41) is 12.1. The number of nitrogens with zero attached hydrogens (tertiary/aromatic N) is 4. The number of methoxy groups -OCH3 is 2. The van der Waals surface area contributed by atoms with Crippen LogP contribution < -0.4 is 20.5 Å². The normalized spacial score (nSPS) is 17.0. The Balaban J connectivity index is 1.41. The molecule has 5 aromatic rings. The van der Waals surface area contributed by atoms with Crippen molar-refractivity contribution in [1.29, 1.82) is 5.26 Å². The first kappa shape index (κ1) is 45.6. The van der Waals surface area contributed by atoms with Crippen LogP contribution in [0.3, 0.4) is 0 Å². The van der Waals surface area contributed by atoms with E-state index in [1.54, 1.807) is 44.7 Å². The van der Waals surface area contributed by atoms with Crippen molar-refractivity contribution in [2.45, 2.75) is 76.7 Å². The summed E-state index contributed by atoms with van der Waals surface area (Å²) in [6, 6.07) is 36.4. The number of benzene rings is 4. The Morgan fingerprint density at radius 3 is 2.02 bits per heavy atom. The smallest absolute Gasteiger partial charge is 0.351 e. The number of nitriles is 1. The van der Waals surface area contributed by atoms with E-state index in [0.29, 0.717) is 21.5 Å². The van der Waals surface area contributed by atoms with Crippen molar-refractivity contribution in [1.82, 2.24) is 14.2 Å². The van der Waals surface area contributed by atoms with E-state index in [4.69, 9.17) is 28.0 Å². The molecular weight excluding hydrogens is 861 g/mol. The van der Waals surface area contributed by atoms with Crippen molar-refractivity contribution in [2.75, 3.05) is 32.8 Å². The Morgan fingerprint density at radius 2 is 1.48 bits per heavy atom. The SMILES string of the molecule is COc1ccc(C(OC[C@@H]2O[C@H](n3cc(Br)c(NC(=O)c4ccccc4)nc3=O)C[C@H]2OP(OCCC#N)N(C(C)C)C(C)C)(c2ccccc2)c2ccc(OC)cc2)cc1. The molecule has 15 heteroatoms. The Bertz CT molecular complexity index is 2240. The zero-order valence-corrected chi connectivity index (χ0v) is 37.5. The second kappa shape index (κ2) is 21.2. The number of hydrogen-bond acceptors (Lipinski definition) is 11. The quantitative estimate of drug-likeness (QED) is 0.0481. The molecule has 4 atom stereocenters. The molecule has 6 rings (SSSR count). The molecule has 1 aromatic heterocycles. The van der Waals surface area contributed by atoms with E-state index in [0.717, 1.165) is 16.7 Å². The van der Waals surface area contributed by atoms with Crippen molar-refractivity contribution >= 4 is 36.2 Å². The van der Waals surface area contributed by atoms with Crippen LogP contribution >= 0.6 is 24.5 Å². The summed E-state index contributed by atoms with van der Waals surface area (Å²) in [6.45, 7) is 8.46. The molecule has 0 spiro atoms. The first-order chi connectivity index (χ1) is 29.5. The van der Waals surface area contributed by atoms with Gasteiger partial charge in [0.25, 0.3) is 14.4 Å². The van der Waals surface area contributed by atoms with Gasteiger partial charge in [-0.05, 0) is 96.7 Å². The van der Waals surface area contributed by atoms with Crippen LogP contribution in [0.5, 0.6) is 11.5 Å². The number of anilines is 1. The molecule has 1 fully saturated rings. The second-order valence-corrected chi connectivity index (χ2v) is 17.1. The minimum Gasteiger partial charge on any atom is -0.497 e. The molecule has 1 unspecified atom stereocenters. The van der Waals surface area contributed by atoms with Crippen LogP contribution in [0.1, 0.15) is 73.8 Å². The molecule has 1 N–H and O–H groups in total.